The maximum Gasteiger partial charge on any atom is 2.00 e. The minimum absolute atomic E-state index is 0. The molecule has 0 amide bonds. The quantitative estimate of drug-likeness (QED) is 0.461. The molecule has 0 bridgehead atoms. The largest absolute Gasteiger partial charge is 2.00 e. The van der Waals surface area contributed by atoms with Gasteiger partial charge in [0.15, 0.2) is 0 Å². The van der Waals surface area contributed by atoms with Crippen molar-refractivity contribution in [3.63, 3.8) is 0 Å². The molecule has 0 aliphatic heterocycles. The van der Waals surface area contributed by atoms with Gasteiger partial charge in [-0.1, -0.05) is 13.8 Å². The van der Waals surface area contributed by atoms with Crippen LogP contribution < -0.4 is 5.11 Å². The number of hydrogen-bond acceptors (Lipinski definition) is 1. The third-order valence-corrected chi connectivity index (χ3v) is 0. The van der Waals surface area contributed by atoms with Gasteiger partial charge in [0.1, 0.15) is 0 Å². The van der Waals surface area contributed by atoms with Gasteiger partial charge >= 0.3 is 21.7 Å². The Hall–Kier alpha value is 0.634. The molecule has 0 aliphatic rings. The van der Waals surface area contributed by atoms with Crippen LogP contribution in [0.25, 0.3) is 5.32 Å². The van der Waals surface area contributed by atoms with Gasteiger partial charge in [0, 0.05) is 0 Å². The van der Waals surface area contributed by atoms with Crippen LogP contribution in [-0.2, 0) is 21.7 Å². The minimum atomic E-state index is -0.417. The molecule has 0 spiro atoms. The van der Waals surface area contributed by atoms with E-state index in [-0.39, 0.29) is 21.7 Å². The average Bonchev–Trinajstić information content (AvgIpc) is 1.33. The van der Waals surface area contributed by atoms with E-state index in [0.29, 0.717) is 0 Å². The molecule has 0 saturated carbocycles. The molecule has 0 rings (SSSR count). The van der Waals surface area contributed by atoms with E-state index < -0.39 is 6.10 Å². The summed E-state index contributed by atoms with van der Waals surface area (Å²) in [6.07, 6.45) is -0.417. The van der Waals surface area contributed by atoms with Crippen LogP contribution in [0.2, 0.25) is 0 Å². The molecular weight excluding hydrogens is 138 g/mol. The van der Waals surface area contributed by atoms with Gasteiger partial charge in [-0.25, -0.2) is 0 Å². The van der Waals surface area contributed by atoms with Crippen molar-refractivity contribution in [2.75, 3.05) is 14.1 Å². The Morgan fingerprint density at radius 3 is 1.25 bits per heavy atom. The average molecular weight is 151 g/mol. The molecule has 0 saturated heterocycles. The predicted molar refractivity (Wildman–Crippen MR) is 30.3 cm³/mol. The molecule has 2 nitrogen and oxygen atoms in total. The fraction of sp³-hybridized carbons (Fsp3) is 1.00. The Bertz CT molecular complexity index is 23.6. The monoisotopic (exact) mass is 151 g/mol. The molecule has 0 N–H and O–H groups in total. The van der Waals surface area contributed by atoms with Crippen LogP contribution in [0.3, 0.4) is 0 Å². The zero-order chi connectivity index (χ0) is 6.28. The van der Waals surface area contributed by atoms with E-state index in [2.05, 4.69) is 5.32 Å². The summed E-state index contributed by atoms with van der Waals surface area (Å²) in [7, 11) is 3.50. The summed E-state index contributed by atoms with van der Waals surface area (Å²) in [5.41, 5.74) is 0. The van der Waals surface area contributed by atoms with Crippen LogP contribution in [0, 0.1) is 0 Å². The Balaban J connectivity index is -0.0000000575. The molecule has 0 aromatic carbocycles. The zero-order valence-electron chi connectivity index (χ0n) is 5.93. The molecule has 0 aromatic heterocycles. The summed E-state index contributed by atoms with van der Waals surface area (Å²) in [6.45, 7) is 3.22. The fourth-order valence-electron chi connectivity index (χ4n) is 0. The van der Waals surface area contributed by atoms with Gasteiger partial charge in [-0.3, -0.25) is 0 Å². The summed E-state index contributed by atoms with van der Waals surface area (Å²) in [5.74, 6) is 0. The van der Waals surface area contributed by atoms with E-state index >= 15 is 0 Å². The predicted octanol–water partition coefficient (Wildman–Crippen LogP) is 0.372. The third-order valence-electron chi connectivity index (χ3n) is 0. The number of nitrogens with zero attached hydrogens (tertiary/aromatic N) is 1. The van der Waals surface area contributed by atoms with Crippen LogP contribution in [0.15, 0.2) is 0 Å². The van der Waals surface area contributed by atoms with Crippen molar-refractivity contribution < 1.29 is 26.8 Å². The van der Waals surface area contributed by atoms with E-state index in [0.717, 1.165) is 0 Å². The second kappa shape index (κ2) is 15.6. The van der Waals surface area contributed by atoms with Crippen molar-refractivity contribution in [2.45, 2.75) is 20.0 Å². The smallest absolute Gasteiger partial charge is 0.852 e. The van der Waals surface area contributed by atoms with Crippen LogP contribution in [0.1, 0.15) is 13.8 Å². The van der Waals surface area contributed by atoms with E-state index in [1.807, 2.05) is 0 Å². The van der Waals surface area contributed by atoms with Crippen molar-refractivity contribution in [3.05, 3.63) is 5.32 Å². The van der Waals surface area contributed by atoms with E-state index in [1.54, 1.807) is 27.9 Å². The van der Waals surface area contributed by atoms with Crippen LogP contribution in [-0.4, -0.2) is 20.2 Å². The van der Waals surface area contributed by atoms with Crippen molar-refractivity contribution in [2.24, 2.45) is 0 Å². The second-order valence-electron chi connectivity index (χ2n) is 1.50. The summed E-state index contributed by atoms with van der Waals surface area (Å²) in [4.78, 5) is 0. The summed E-state index contributed by atoms with van der Waals surface area (Å²) in [6, 6.07) is 0. The summed E-state index contributed by atoms with van der Waals surface area (Å²) < 4.78 is 0. The van der Waals surface area contributed by atoms with Gasteiger partial charge in [-0.05, 0) is 0 Å². The third kappa shape index (κ3) is 523. The van der Waals surface area contributed by atoms with Gasteiger partial charge in [0.2, 0.25) is 0 Å². The Morgan fingerprint density at radius 1 is 1.25 bits per heavy atom. The maximum absolute atomic E-state index is 9.53. The van der Waals surface area contributed by atoms with Crippen molar-refractivity contribution in [1.82, 2.24) is 0 Å². The molecule has 0 aromatic rings. The Kier molecular flexibility index (Phi) is 31.0. The fourth-order valence-corrected chi connectivity index (χ4v) is 0. The van der Waals surface area contributed by atoms with Crippen LogP contribution in [0.5, 0.6) is 0 Å². The molecule has 0 heterocycles. The van der Waals surface area contributed by atoms with E-state index in [4.69, 9.17) is 0 Å². The maximum atomic E-state index is 9.53. The van der Waals surface area contributed by atoms with Gasteiger partial charge in [-0.2, -0.15) is 14.1 Å². The summed E-state index contributed by atoms with van der Waals surface area (Å²) in [5, 5.41) is 13.0. The number of rotatable bonds is 0. The molecule has 48 valence electrons. The van der Waals surface area contributed by atoms with E-state index in [1.165, 1.54) is 0 Å². The van der Waals surface area contributed by atoms with Crippen LogP contribution in [0.4, 0.5) is 0 Å². The number of hydrogen-bond donors (Lipinski definition) is 0. The minimum Gasteiger partial charge on any atom is -0.852 e. The molecule has 0 atom stereocenters. The van der Waals surface area contributed by atoms with Crippen LogP contribution >= 0.6 is 0 Å². The molecule has 8 heavy (non-hydrogen) atoms. The normalized spacial score (nSPS) is 6.75. The first-order valence-corrected chi connectivity index (χ1v) is 2.28. The standard InChI is InChI=1S/C3H7O.C2H6N.Ti/c1-3(2)4;1-3-2;/h3H,1-2H3;1-2H3;/q2*-1;+2. The van der Waals surface area contributed by atoms with Crippen molar-refractivity contribution in [3.8, 4) is 0 Å². The van der Waals surface area contributed by atoms with Crippen molar-refractivity contribution in [1.29, 1.82) is 0 Å². The zero-order valence-corrected chi connectivity index (χ0v) is 7.49. The Labute approximate surface area is 66.6 Å². The molecule has 3 heteroatoms. The van der Waals surface area contributed by atoms with Crippen molar-refractivity contribution >= 4 is 0 Å². The van der Waals surface area contributed by atoms with Gasteiger partial charge in [0.25, 0.3) is 0 Å². The van der Waals surface area contributed by atoms with Gasteiger partial charge in [0.05, 0.1) is 0 Å². The molecule has 0 aliphatic carbocycles. The molecule has 0 unspecified atom stereocenters. The topological polar surface area (TPSA) is 37.2 Å². The van der Waals surface area contributed by atoms with Gasteiger partial charge < -0.3 is 10.4 Å². The first-order chi connectivity index (χ1) is 3.15. The SMILES string of the molecule is CC(C)[O-].C[N-]C.[Ti+2]. The molecule has 0 fully saturated rings. The van der Waals surface area contributed by atoms with Gasteiger partial charge in [-0.15, -0.1) is 6.10 Å². The first kappa shape index (κ1) is 15.9. The summed E-state index contributed by atoms with van der Waals surface area (Å²) >= 11 is 0. The van der Waals surface area contributed by atoms with E-state index in [9.17, 15) is 5.11 Å². The molecule has 0 radical (unpaired) electrons. The first-order valence-electron chi connectivity index (χ1n) is 2.28. The Morgan fingerprint density at radius 2 is 1.25 bits per heavy atom. The second-order valence-corrected chi connectivity index (χ2v) is 1.50. The molecular formula is C5H13NOTi.